The molecule has 1 saturated heterocycles. The van der Waals surface area contributed by atoms with Gasteiger partial charge in [0.15, 0.2) is 11.5 Å². The largest absolute Gasteiger partial charge is 0.454 e. The maximum absolute atomic E-state index is 12.7. The third kappa shape index (κ3) is 3.11. The molecule has 0 unspecified atom stereocenters. The van der Waals surface area contributed by atoms with E-state index < -0.39 is 0 Å². The Hall–Kier alpha value is -2.65. The number of hydrogen-bond donors (Lipinski definition) is 1. The molecule has 136 valence electrons. The molecule has 26 heavy (non-hydrogen) atoms. The van der Waals surface area contributed by atoms with Crippen molar-refractivity contribution in [1.82, 2.24) is 14.8 Å². The number of thiazole rings is 1. The number of amides is 2. The Balaban J connectivity index is 1.38. The second-order valence-electron chi connectivity index (χ2n) is 5.98. The Kier molecular flexibility index (Phi) is 4.48. The SMILES string of the molecule is NCc1nc(C(=O)N2CCN(C(=O)c3ccc4c(c3)OCO4)CC2)cs1. The molecule has 0 aliphatic carbocycles. The monoisotopic (exact) mass is 374 g/mol. The smallest absolute Gasteiger partial charge is 0.273 e. The summed E-state index contributed by atoms with van der Waals surface area (Å²) in [5.41, 5.74) is 6.52. The fourth-order valence-corrected chi connectivity index (χ4v) is 3.64. The fraction of sp³-hybridized carbons (Fsp3) is 0.353. The molecule has 9 heteroatoms. The summed E-state index contributed by atoms with van der Waals surface area (Å²) in [6, 6.07) is 5.18. The minimum atomic E-state index is -0.115. The zero-order chi connectivity index (χ0) is 18.1. The van der Waals surface area contributed by atoms with Crippen molar-refractivity contribution in [2.45, 2.75) is 6.54 Å². The van der Waals surface area contributed by atoms with Crippen molar-refractivity contribution >= 4 is 23.2 Å². The van der Waals surface area contributed by atoms with Gasteiger partial charge < -0.3 is 25.0 Å². The molecule has 2 amide bonds. The molecular formula is C17H18N4O4S. The van der Waals surface area contributed by atoms with Gasteiger partial charge in [-0.15, -0.1) is 11.3 Å². The zero-order valence-corrected chi connectivity index (χ0v) is 14.8. The molecule has 3 heterocycles. The summed E-state index contributed by atoms with van der Waals surface area (Å²) < 4.78 is 10.6. The van der Waals surface area contributed by atoms with E-state index in [4.69, 9.17) is 15.2 Å². The van der Waals surface area contributed by atoms with E-state index in [0.717, 1.165) is 5.01 Å². The molecule has 0 saturated carbocycles. The first kappa shape index (κ1) is 16.8. The van der Waals surface area contributed by atoms with Crippen LogP contribution in [0.15, 0.2) is 23.6 Å². The minimum absolute atomic E-state index is 0.0746. The first-order valence-corrected chi connectivity index (χ1v) is 9.16. The number of rotatable bonds is 3. The van der Waals surface area contributed by atoms with Gasteiger partial charge >= 0.3 is 0 Å². The molecule has 0 spiro atoms. The van der Waals surface area contributed by atoms with E-state index >= 15 is 0 Å². The summed E-state index contributed by atoms with van der Waals surface area (Å²) in [5.74, 6) is 1.05. The van der Waals surface area contributed by atoms with Crippen molar-refractivity contribution in [3.8, 4) is 11.5 Å². The predicted molar refractivity (Wildman–Crippen MR) is 94.4 cm³/mol. The minimum Gasteiger partial charge on any atom is -0.454 e. The van der Waals surface area contributed by atoms with Crippen LogP contribution >= 0.6 is 11.3 Å². The number of nitrogens with zero attached hydrogens (tertiary/aromatic N) is 3. The van der Waals surface area contributed by atoms with E-state index in [-0.39, 0.29) is 18.6 Å². The Morgan fingerprint density at radius 2 is 1.77 bits per heavy atom. The summed E-state index contributed by atoms with van der Waals surface area (Å²) in [4.78, 5) is 32.9. The topological polar surface area (TPSA) is 98.0 Å². The van der Waals surface area contributed by atoms with Gasteiger partial charge in [-0.2, -0.15) is 0 Å². The lowest BCUT2D eigenvalue weighted by atomic mass is 10.1. The van der Waals surface area contributed by atoms with Crippen LogP contribution in [0.5, 0.6) is 11.5 Å². The first-order chi connectivity index (χ1) is 12.7. The quantitative estimate of drug-likeness (QED) is 0.858. The third-order valence-electron chi connectivity index (χ3n) is 4.42. The van der Waals surface area contributed by atoms with E-state index in [0.29, 0.717) is 55.5 Å². The number of fused-ring (bicyclic) bond motifs is 1. The predicted octanol–water partition coefficient (Wildman–Crippen LogP) is 0.929. The van der Waals surface area contributed by atoms with Crippen LogP contribution < -0.4 is 15.2 Å². The van der Waals surface area contributed by atoms with Crippen LogP contribution in [0, 0.1) is 0 Å². The lowest BCUT2D eigenvalue weighted by Crippen LogP contribution is -2.50. The zero-order valence-electron chi connectivity index (χ0n) is 14.0. The van der Waals surface area contributed by atoms with Gasteiger partial charge in [0, 0.05) is 43.7 Å². The van der Waals surface area contributed by atoms with E-state index in [1.165, 1.54) is 11.3 Å². The van der Waals surface area contributed by atoms with Gasteiger partial charge in [-0.05, 0) is 18.2 Å². The summed E-state index contributed by atoms with van der Waals surface area (Å²) >= 11 is 1.38. The van der Waals surface area contributed by atoms with E-state index in [1.807, 2.05) is 0 Å². The Morgan fingerprint density at radius 1 is 1.08 bits per heavy atom. The molecule has 2 aromatic rings. The van der Waals surface area contributed by atoms with E-state index in [1.54, 1.807) is 33.4 Å². The highest BCUT2D eigenvalue weighted by Crippen LogP contribution is 2.32. The molecule has 4 rings (SSSR count). The van der Waals surface area contributed by atoms with Crippen molar-refractivity contribution in [3.05, 3.63) is 39.8 Å². The van der Waals surface area contributed by atoms with Gasteiger partial charge in [-0.25, -0.2) is 4.98 Å². The Morgan fingerprint density at radius 3 is 2.46 bits per heavy atom. The number of benzene rings is 1. The number of carbonyl (C=O) groups excluding carboxylic acids is 2. The molecule has 1 aromatic carbocycles. The normalized spacial score (nSPS) is 16.0. The molecule has 2 N–H and O–H groups in total. The lowest BCUT2D eigenvalue weighted by Gasteiger charge is -2.34. The van der Waals surface area contributed by atoms with Crippen molar-refractivity contribution in [3.63, 3.8) is 0 Å². The average Bonchev–Trinajstić information content (AvgIpc) is 3.35. The highest BCUT2D eigenvalue weighted by atomic mass is 32.1. The summed E-state index contributed by atoms with van der Waals surface area (Å²) in [5, 5.41) is 2.47. The molecule has 0 radical (unpaired) electrons. The van der Waals surface area contributed by atoms with Crippen LogP contribution in [-0.2, 0) is 6.54 Å². The highest BCUT2D eigenvalue weighted by Gasteiger charge is 2.27. The van der Waals surface area contributed by atoms with Gasteiger partial charge in [-0.1, -0.05) is 0 Å². The maximum Gasteiger partial charge on any atom is 0.273 e. The molecule has 1 fully saturated rings. The number of carbonyl (C=O) groups is 2. The second kappa shape index (κ2) is 6.93. The number of aromatic nitrogens is 1. The summed E-state index contributed by atoms with van der Waals surface area (Å²) in [7, 11) is 0. The van der Waals surface area contributed by atoms with Gasteiger partial charge in [-0.3, -0.25) is 9.59 Å². The van der Waals surface area contributed by atoms with Crippen LogP contribution in [0.25, 0.3) is 0 Å². The van der Waals surface area contributed by atoms with E-state index in [2.05, 4.69) is 4.98 Å². The van der Waals surface area contributed by atoms with Crippen molar-refractivity contribution in [1.29, 1.82) is 0 Å². The molecule has 1 aromatic heterocycles. The maximum atomic E-state index is 12.7. The fourth-order valence-electron chi connectivity index (χ4n) is 2.99. The second-order valence-corrected chi connectivity index (χ2v) is 6.93. The third-order valence-corrected chi connectivity index (χ3v) is 5.29. The van der Waals surface area contributed by atoms with E-state index in [9.17, 15) is 9.59 Å². The van der Waals surface area contributed by atoms with Crippen LogP contribution in [0.2, 0.25) is 0 Å². The summed E-state index contributed by atoms with van der Waals surface area (Å²) in [6.07, 6.45) is 0. The Labute approximate surface area is 154 Å². The highest BCUT2D eigenvalue weighted by molar-refractivity contribution is 7.09. The Bertz CT molecular complexity index is 845. The van der Waals surface area contributed by atoms with Crippen molar-refractivity contribution in [2.24, 2.45) is 5.73 Å². The number of nitrogens with two attached hydrogens (primary N) is 1. The van der Waals surface area contributed by atoms with Gasteiger partial charge in [0.25, 0.3) is 11.8 Å². The van der Waals surface area contributed by atoms with Crippen LogP contribution in [0.4, 0.5) is 0 Å². The molecule has 0 bridgehead atoms. The number of hydrogen-bond acceptors (Lipinski definition) is 7. The molecular weight excluding hydrogens is 356 g/mol. The average molecular weight is 374 g/mol. The van der Waals surface area contributed by atoms with Gasteiger partial charge in [0.05, 0.1) is 0 Å². The van der Waals surface area contributed by atoms with Crippen LogP contribution in [0.1, 0.15) is 25.9 Å². The summed E-state index contributed by atoms with van der Waals surface area (Å²) in [6.45, 7) is 2.42. The molecule has 8 nitrogen and oxygen atoms in total. The molecule has 2 aliphatic heterocycles. The van der Waals surface area contributed by atoms with Crippen LogP contribution in [-0.4, -0.2) is 59.6 Å². The van der Waals surface area contributed by atoms with Gasteiger partial charge in [0.2, 0.25) is 6.79 Å². The van der Waals surface area contributed by atoms with Crippen molar-refractivity contribution < 1.29 is 19.1 Å². The molecule has 0 atom stereocenters. The van der Waals surface area contributed by atoms with Crippen LogP contribution in [0.3, 0.4) is 0 Å². The first-order valence-electron chi connectivity index (χ1n) is 8.28. The number of ether oxygens (including phenoxy) is 2. The standard InChI is InChI=1S/C17H18N4O4S/c18-8-15-19-12(9-26-15)17(23)21-5-3-20(4-6-21)16(22)11-1-2-13-14(7-11)25-10-24-13/h1-2,7,9H,3-6,8,10,18H2. The molecule has 2 aliphatic rings. The number of piperazine rings is 1. The lowest BCUT2D eigenvalue weighted by molar-refractivity contribution is 0.0532. The van der Waals surface area contributed by atoms with Crippen molar-refractivity contribution in [2.75, 3.05) is 33.0 Å². The van der Waals surface area contributed by atoms with Gasteiger partial charge in [0.1, 0.15) is 10.7 Å².